The summed E-state index contributed by atoms with van der Waals surface area (Å²) in [6.07, 6.45) is 0. The van der Waals surface area contributed by atoms with Crippen LogP contribution >= 0.6 is 11.3 Å². The highest BCUT2D eigenvalue weighted by atomic mass is 32.1. The summed E-state index contributed by atoms with van der Waals surface area (Å²) in [5.41, 5.74) is 2.10. The fourth-order valence-electron chi connectivity index (χ4n) is 3.24. The van der Waals surface area contributed by atoms with E-state index < -0.39 is 5.91 Å². The Morgan fingerprint density at radius 1 is 1.21 bits per heavy atom. The minimum absolute atomic E-state index is 0.00185. The van der Waals surface area contributed by atoms with Gasteiger partial charge in [0.05, 0.1) is 11.1 Å². The predicted octanol–water partition coefficient (Wildman–Crippen LogP) is 3.69. The van der Waals surface area contributed by atoms with Gasteiger partial charge in [-0.1, -0.05) is 18.2 Å². The molecular weight excluding hydrogens is 374 g/mol. The molecule has 0 aliphatic carbocycles. The molecule has 1 amide bonds. The van der Waals surface area contributed by atoms with Crippen LogP contribution in [0.1, 0.15) is 32.9 Å². The normalized spacial score (nSPS) is 12.2. The molecule has 3 heterocycles. The number of nitrogens with zero attached hydrogens (tertiary/aromatic N) is 2. The standard InChI is InChI=1S/C21H19N3O3S/c1-13-10-14(2)24(23-13)16(20-8-5-9-28-20)12-22-21(26)19-11-17(25)15-6-3-4-7-18(15)27-19/h3-11,16H,12H2,1-2H3,(H,22,26)/t16-/m1/s1. The molecule has 0 saturated heterocycles. The first kappa shape index (κ1) is 18.2. The molecule has 142 valence electrons. The lowest BCUT2D eigenvalue weighted by Crippen LogP contribution is -2.32. The van der Waals surface area contributed by atoms with Crippen molar-refractivity contribution >= 4 is 28.2 Å². The number of carbonyl (C=O) groups excluding carboxylic acids is 1. The van der Waals surface area contributed by atoms with Gasteiger partial charge in [0, 0.05) is 23.2 Å². The topological polar surface area (TPSA) is 77.1 Å². The third kappa shape index (κ3) is 3.48. The molecule has 6 nitrogen and oxygen atoms in total. The van der Waals surface area contributed by atoms with Crippen LogP contribution in [0, 0.1) is 13.8 Å². The van der Waals surface area contributed by atoms with Gasteiger partial charge in [0.2, 0.25) is 0 Å². The number of aromatic nitrogens is 2. The lowest BCUT2D eigenvalue weighted by molar-refractivity contribution is 0.0922. The molecule has 4 aromatic rings. The monoisotopic (exact) mass is 393 g/mol. The molecule has 1 atom stereocenters. The largest absolute Gasteiger partial charge is 0.451 e. The Kier molecular flexibility index (Phi) is 4.83. The smallest absolute Gasteiger partial charge is 0.287 e. The van der Waals surface area contributed by atoms with Gasteiger partial charge in [0.1, 0.15) is 11.6 Å². The van der Waals surface area contributed by atoms with Crippen LogP contribution in [0.5, 0.6) is 0 Å². The maximum absolute atomic E-state index is 12.7. The zero-order valence-electron chi connectivity index (χ0n) is 15.5. The highest BCUT2D eigenvalue weighted by Crippen LogP contribution is 2.24. The van der Waals surface area contributed by atoms with Crippen LogP contribution in [0.2, 0.25) is 0 Å². The Morgan fingerprint density at radius 2 is 2.04 bits per heavy atom. The van der Waals surface area contributed by atoms with Crippen molar-refractivity contribution < 1.29 is 9.21 Å². The van der Waals surface area contributed by atoms with Crippen molar-refractivity contribution in [1.82, 2.24) is 15.1 Å². The SMILES string of the molecule is Cc1cc(C)n([C@H](CNC(=O)c2cc(=O)c3ccccc3o2)c2cccs2)n1. The third-order valence-corrected chi connectivity index (χ3v) is 5.50. The van der Waals surface area contributed by atoms with E-state index >= 15 is 0 Å². The van der Waals surface area contributed by atoms with Gasteiger partial charge in [-0.25, -0.2) is 0 Å². The summed E-state index contributed by atoms with van der Waals surface area (Å²) in [7, 11) is 0. The van der Waals surface area contributed by atoms with E-state index in [1.54, 1.807) is 35.6 Å². The van der Waals surface area contributed by atoms with Crippen LogP contribution in [-0.4, -0.2) is 22.2 Å². The number of amides is 1. The zero-order valence-corrected chi connectivity index (χ0v) is 16.3. The molecule has 1 N–H and O–H groups in total. The van der Waals surface area contributed by atoms with E-state index in [-0.39, 0.29) is 17.2 Å². The average molecular weight is 393 g/mol. The summed E-state index contributed by atoms with van der Waals surface area (Å²) in [6, 6.07) is 14.0. The quantitative estimate of drug-likeness (QED) is 0.561. The summed E-state index contributed by atoms with van der Waals surface area (Å²) < 4.78 is 7.54. The minimum Gasteiger partial charge on any atom is -0.451 e. The number of aryl methyl sites for hydroxylation is 2. The van der Waals surface area contributed by atoms with Crippen molar-refractivity contribution in [3.8, 4) is 0 Å². The first-order valence-corrected chi connectivity index (χ1v) is 9.78. The molecule has 4 rings (SSSR count). The summed E-state index contributed by atoms with van der Waals surface area (Å²) >= 11 is 1.61. The van der Waals surface area contributed by atoms with E-state index in [1.807, 2.05) is 42.1 Å². The highest BCUT2D eigenvalue weighted by Gasteiger charge is 2.20. The van der Waals surface area contributed by atoms with Crippen LogP contribution in [-0.2, 0) is 0 Å². The zero-order chi connectivity index (χ0) is 19.7. The molecule has 0 aliphatic rings. The van der Waals surface area contributed by atoms with Gasteiger partial charge >= 0.3 is 0 Å². The van der Waals surface area contributed by atoms with Gasteiger partial charge in [-0.3, -0.25) is 14.3 Å². The van der Waals surface area contributed by atoms with Crippen molar-refractivity contribution in [1.29, 1.82) is 0 Å². The number of thiophene rings is 1. The van der Waals surface area contributed by atoms with Gasteiger partial charge in [-0.2, -0.15) is 5.10 Å². The maximum atomic E-state index is 12.7. The second-order valence-corrected chi connectivity index (χ2v) is 7.56. The van der Waals surface area contributed by atoms with E-state index in [2.05, 4.69) is 10.4 Å². The lowest BCUT2D eigenvalue weighted by Gasteiger charge is -2.18. The summed E-state index contributed by atoms with van der Waals surface area (Å²) in [4.78, 5) is 26.0. The lowest BCUT2D eigenvalue weighted by atomic mass is 10.2. The van der Waals surface area contributed by atoms with Gasteiger partial charge in [-0.05, 0) is 43.5 Å². The Bertz CT molecular complexity index is 1190. The van der Waals surface area contributed by atoms with E-state index in [0.29, 0.717) is 17.5 Å². The van der Waals surface area contributed by atoms with E-state index in [9.17, 15) is 9.59 Å². The number of hydrogen-bond donors (Lipinski definition) is 1. The van der Waals surface area contributed by atoms with Crippen LogP contribution in [0.4, 0.5) is 0 Å². The molecule has 0 fully saturated rings. The number of benzene rings is 1. The van der Waals surface area contributed by atoms with Crippen LogP contribution in [0.3, 0.4) is 0 Å². The maximum Gasteiger partial charge on any atom is 0.287 e. The molecule has 0 aliphatic heterocycles. The number of nitrogens with one attached hydrogen (secondary N) is 1. The second-order valence-electron chi connectivity index (χ2n) is 6.58. The Balaban J connectivity index is 1.60. The second kappa shape index (κ2) is 7.44. The Morgan fingerprint density at radius 3 is 2.75 bits per heavy atom. The average Bonchev–Trinajstić information content (AvgIpc) is 3.32. The molecule has 28 heavy (non-hydrogen) atoms. The molecule has 0 radical (unpaired) electrons. The number of rotatable bonds is 5. The fourth-order valence-corrected chi connectivity index (χ4v) is 4.05. The fraction of sp³-hybridized carbons (Fsp3) is 0.190. The minimum atomic E-state index is -0.425. The van der Waals surface area contributed by atoms with Crippen molar-refractivity contribution in [2.75, 3.05) is 6.54 Å². The van der Waals surface area contributed by atoms with Crippen molar-refractivity contribution in [3.63, 3.8) is 0 Å². The van der Waals surface area contributed by atoms with Crippen molar-refractivity contribution in [2.45, 2.75) is 19.9 Å². The number of para-hydroxylation sites is 1. The third-order valence-electron chi connectivity index (χ3n) is 4.53. The molecule has 7 heteroatoms. The Labute approximate surface area is 165 Å². The Hall–Kier alpha value is -3.19. The van der Waals surface area contributed by atoms with Crippen molar-refractivity contribution in [2.24, 2.45) is 0 Å². The highest BCUT2D eigenvalue weighted by molar-refractivity contribution is 7.10. The summed E-state index contributed by atoms with van der Waals surface area (Å²) in [5.74, 6) is -0.423. The van der Waals surface area contributed by atoms with Crippen LogP contribution < -0.4 is 10.7 Å². The first-order chi connectivity index (χ1) is 13.5. The van der Waals surface area contributed by atoms with Crippen LogP contribution in [0.25, 0.3) is 11.0 Å². The van der Waals surface area contributed by atoms with E-state index in [1.165, 1.54) is 6.07 Å². The van der Waals surface area contributed by atoms with E-state index in [4.69, 9.17) is 4.42 Å². The number of fused-ring (bicyclic) bond motifs is 1. The molecule has 0 bridgehead atoms. The van der Waals surface area contributed by atoms with Gasteiger partial charge in [0.25, 0.3) is 5.91 Å². The molecule has 0 unspecified atom stereocenters. The van der Waals surface area contributed by atoms with E-state index in [0.717, 1.165) is 16.3 Å². The molecule has 0 spiro atoms. The predicted molar refractivity (Wildman–Crippen MR) is 109 cm³/mol. The van der Waals surface area contributed by atoms with Gasteiger partial charge < -0.3 is 9.73 Å². The molecule has 1 aromatic carbocycles. The molecule has 3 aromatic heterocycles. The van der Waals surface area contributed by atoms with Gasteiger partial charge in [-0.15, -0.1) is 11.3 Å². The summed E-state index contributed by atoms with van der Waals surface area (Å²) in [6.45, 7) is 4.26. The molecular formula is C21H19N3O3S. The number of carbonyl (C=O) groups is 1. The summed E-state index contributed by atoms with van der Waals surface area (Å²) in [5, 5.41) is 9.91. The van der Waals surface area contributed by atoms with Crippen molar-refractivity contribution in [3.05, 3.63) is 86.2 Å². The van der Waals surface area contributed by atoms with Crippen LogP contribution in [0.15, 0.2) is 63.1 Å². The van der Waals surface area contributed by atoms with Gasteiger partial charge in [0.15, 0.2) is 11.2 Å². The molecule has 0 saturated carbocycles. The first-order valence-electron chi connectivity index (χ1n) is 8.90. The number of hydrogen-bond acceptors (Lipinski definition) is 5.